The van der Waals surface area contributed by atoms with Crippen molar-refractivity contribution >= 4 is 46.5 Å². The summed E-state index contributed by atoms with van der Waals surface area (Å²) >= 11 is 18.3. The fourth-order valence-corrected chi connectivity index (χ4v) is 3.31. The molecule has 132 valence electrons. The first kappa shape index (κ1) is 18.3. The zero-order chi connectivity index (χ0) is 17.8. The van der Waals surface area contributed by atoms with Crippen LogP contribution in [0, 0.1) is 0 Å². The van der Waals surface area contributed by atoms with E-state index in [1.54, 1.807) is 23.1 Å². The first-order valence-corrected chi connectivity index (χ1v) is 9.13. The van der Waals surface area contributed by atoms with Crippen LogP contribution >= 0.6 is 34.8 Å². The molecule has 3 rings (SSSR count). The highest BCUT2D eigenvalue weighted by Gasteiger charge is 2.22. The lowest BCUT2D eigenvalue weighted by molar-refractivity contribution is 0.143. The van der Waals surface area contributed by atoms with E-state index in [-0.39, 0.29) is 6.03 Å². The normalized spacial score (nSPS) is 15.2. The average Bonchev–Trinajstić information content (AvgIpc) is 2.61. The molecular weight excluding hydrogens is 381 g/mol. The lowest BCUT2D eigenvalue weighted by atomic mass is 10.2. The number of amides is 2. The topological polar surface area (TPSA) is 35.6 Å². The zero-order valence-electron chi connectivity index (χ0n) is 13.5. The summed E-state index contributed by atoms with van der Waals surface area (Å²) in [5.41, 5.74) is 1.63. The van der Waals surface area contributed by atoms with Crippen molar-refractivity contribution in [1.29, 1.82) is 0 Å². The lowest BCUT2D eigenvalue weighted by Gasteiger charge is -2.34. The number of rotatable bonds is 3. The van der Waals surface area contributed by atoms with Crippen molar-refractivity contribution in [3.05, 3.63) is 63.1 Å². The Kier molecular flexibility index (Phi) is 6.07. The van der Waals surface area contributed by atoms with Crippen LogP contribution in [0.3, 0.4) is 0 Å². The van der Waals surface area contributed by atoms with Gasteiger partial charge in [-0.15, -0.1) is 0 Å². The molecule has 0 aliphatic carbocycles. The molecule has 0 unspecified atom stereocenters. The molecule has 1 aliphatic rings. The van der Waals surface area contributed by atoms with Gasteiger partial charge in [0.2, 0.25) is 0 Å². The van der Waals surface area contributed by atoms with Gasteiger partial charge in [0.05, 0.1) is 15.7 Å². The number of carbonyl (C=O) groups excluding carboxylic acids is 1. The summed E-state index contributed by atoms with van der Waals surface area (Å²) in [4.78, 5) is 16.5. The van der Waals surface area contributed by atoms with E-state index >= 15 is 0 Å². The van der Waals surface area contributed by atoms with Crippen LogP contribution in [0.1, 0.15) is 5.56 Å². The van der Waals surface area contributed by atoms with Gasteiger partial charge in [0.15, 0.2) is 0 Å². The van der Waals surface area contributed by atoms with E-state index in [0.29, 0.717) is 28.8 Å². The monoisotopic (exact) mass is 397 g/mol. The molecule has 0 aromatic heterocycles. The molecule has 1 aliphatic heterocycles. The third-order valence-electron chi connectivity index (χ3n) is 4.20. The Morgan fingerprint density at radius 2 is 1.60 bits per heavy atom. The van der Waals surface area contributed by atoms with E-state index in [9.17, 15) is 4.79 Å². The quantitative estimate of drug-likeness (QED) is 0.790. The molecule has 0 saturated carbocycles. The van der Waals surface area contributed by atoms with Crippen molar-refractivity contribution in [2.45, 2.75) is 6.54 Å². The predicted octanol–water partition coefficient (Wildman–Crippen LogP) is 5.00. The minimum atomic E-state index is -0.165. The summed E-state index contributed by atoms with van der Waals surface area (Å²) in [5, 5.41) is 4.38. The first-order chi connectivity index (χ1) is 12.0. The number of hydrogen-bond donors (Lipinski definition) is 1. The van der Waals surface area contributed by atoms with E-state index in [0.717, 1.165) is 30.2 Å². The first-order valence-electron chi connectivity index (χ1n) is 8.00. The number of piperazine rings is 1. The number of anilines is 1. The molecule has 25 heavy (non-hydrogen) atoms. The standard InChI is InChI=1S/C18H18Cl3N3O/c19-14-5-2-1-4-13(14)12-23-8-10-24(11-9-23)18(25)22-16-7-3-6-15(20)17(16)21/h1-7H,8-12H2,(H,22,25). The highest BCUT2D eigenvalue weighted by molar-refractivity contribution is 6.43. The lowest BCUT2D eigenvalue weighted by Crippen LogP contribution is -2.49. The Labute approximate surface area is 162 Å². The number of hydrogen-bond acceptors (Lipinski definition) is 2. The minimum Gasteiger partial charge on any atom is -0.322 e. The van der Waals surface area contributed by atoms with Crippen LogP contribution in [-0.4, -0.2) is 42.0 Å². The zero-order valence-corrected chi connectivity index (χ0v) is 15.8. The third kappa shape index (κ3) is 4.59. The van der Waals surface area contributed by atoms with Crippen molar-refractivity contribution in [3.63, 3.8) is 0 Å². The molecule has 1 heterocycles. The van der Waals surface area contributed by atoms with Crippen molar-refractivity contribution < 1.29 is 4.79 Å². The Hall–Kier alpha value is -1.46. The molecule has 1 fully saturated rings. The summed E-state index contributed by atoms with van der Waals surface area (Å²) in [5.74, 6) is 0. The smallest absolute Gasteiger partial charge is 0.321 e. The van der Waals surface area contributed by atoms with Gasteiger partial charge in [0.25, 0.3) is 0 Å². The Morgan fingerprint density at radius 3 is 2.32 bits per heavy atom. The molecule has 1 saturated heterocycles. The summed E-state index contributed by atoms with van der Waals surface area (Å²) in [6.45, 7) is 3.67. The second kappa shape index (κ2) is 8.28. The van der Waals surface area contributed by atoms with Crippen molar-refractivity contribution in [1.82, 2.24) is 9.80 Å². The summed E-state index contributed by atoms with van der Waals surface area (Å²) < 4.78 is 0. The predicted molar refractivity (Wildman–Crippen MR) is 104 cm³/mol. The number of nitrogens with one attached hydrogen (secondary N) is 1. The van der Waals surface area contributed by atoms with Crippen LogP contribution < -0.4 is 5.32 Å². The summed E-state index contributed by atoms with van der Waals surface area (Å²) in [7, 11) is 0. The fourth-order valence-electron chi connectivity index (χ4n) is 2.77. The molecule has 2 aromatic carbocycles. The van der Waals surface area contributed by atoms with Gasteiger partial charge in [0, 0.05) is 37.7 Å². The molecule has 2 amide bonds. The number of nitrogens with zero attached hydrogens (tertiary/aromatic N) is 2. The van der Waals surface area contributed by atoms with E-state index in [1.807, 2.05) is 24.3 Å². The molecule has 0 spiro atoms. The van der Waals surface area contributed by atoms with Gasteiger partial charge in [-0.05, 0) is 23.8 Å². The maximum Gasteiger partial charge on any atom is 0.321 e. The highest BCUT2D eigenvalue weighted by Crippen LogP contribution is 2.29. The molecule has 0 atom stereocenters. The van der Waals surface area contributed by atoms with Crippen molar-refractivity contribution in [2.75, 3.05) is 31.5 Å². The Morgan fingerprint density at radius 1 is 0.920 bits per heavy atom. The van der Waals surface area contributed by atoms with Crippen molar-refractivity contribution in [3.8, 4) is 0 Å². The van der Waals surface area contributed by atoms with Gasteiger partial charge in [-0.3, -0.25) is 4.90 Å². The summed E-state index contributed by atoms with van der Waals surface area (Å²) in [6.07, 6.45) is 0. The van der Waals surface area contributed by atoms with Gasteiger partial charge in [-0.25, -0.2) is 4.79 Å². The molecule has 1 N–H and O–H groups in total. The largest absolute Gasteiger partial charge is 0.322 e. The van der Waals surface area contributed by atoms with E-state index < -0.39 is 0 Å². The Balaban J connectivity index is 1.54. The molecule has 4 nitrogen and oxygen atoms in total. The van der Waals surface area contributed by atoms with Crippen LogP contribution in [0.2, 0.25) is 15.1 Å². The molecule has 0 bridgehead atoms. The average molecular weight is 399 g/mol. The van der Waals surface area contributed by atoms with Crippen molar-refractivity contribution in [2.24, 2.45) is 0 Å². The van der Waals surface area contributed by atoms with Crippen LogP contribution in [0.4, 0.5) is 10.5 Å². The van der Waals surface area contributed by atoms with Gasteiger partial charge in [-0.1, -0.05) is 59.1 Å². The molecule has 0 radical (unpaired) electrons. The second-order valence-electron chi connectivity index (χ2n) is 5.89. The maximum atomic E-state index is 12.4. The van der Waals surface area contributed by atoms with Crippen LogP contribution in [0.5, 0.6) is 0 Å². The van der Waals surface area contributed by atoms with Crippen LogP contribution in [0.15, 0.2) is 42.5 Å². The molecule has 7 heteroatoms. The van der Waals surface area contributed by atoms with Crippen LogP contribution in [0.25, 0.3) is 0 Å². The van der Waals surface area contributed by atoms with Crippen LogP contribution in [-0.2, 0) is 6.54 Å². The number of carbonyl (C=O) groups is 1. The van der Waals surface area contributed by atoms with Gasteiger partial charge in [0.1, 0.15) is 0 Å². The van der Waals surface area contributed by atoms with Gasteiger partial charge >= 0.3 is 6.03 Å². The fraction of sp³-hybridized carbons (Fsp3) is 0.278. The van der Waals surface area contributed by atoms with E-state index in [4.69, 9.17) is 34.8 Å². The van der Waals surface area contributed by atoms with Gasteiger partial charge in [-0.2, -0.15) is 0 Å². The van der Waals surface area contributed by atoms with E-state index in [1.165, 1.54) is 0 Å². The third-order valence-corrected chi connectivity index (χ3v) is 5.39. The number of benzene rings is 2. The summed E-state index contributed by atoms with van der Waals surface area (Å²) in [6, 6.07) is 12.9. The Bertz CT molecular complexity index is 761. The second-order valence-corrected chi connectivity index (χ2v) is 7.08. The molecular formula is C18H18Cl3N3O. The minimum absolute atomic E-state index is 0.165. The highest BCUT2D eigenvalue weighted by atomic mass is 35.5. The molecule has 2 aromatic rings. The number of halogens is 3. The van der Waals surface area contributed by atoms with Gasteiger partial charge < -0.3 is 10.2 Å². The number of urea groups is 1. The maximum absolute atomic E-state index is 12.4. The van der Waals surface area contributed by atoms with E-state index in [2.05, 4.69) is 10.2 Å². The SMILES string of the molecule is O=C(Nc1cccc(Cl)c1Cl)N1CCN(Cc2ccccc2Cl)CC1.